The minimum atomic E-state index is -0.468. The van der Waals surface area contributed by atoms with E-state index in [0.29, 0.717) is 34.1 Å². The number of nitrogens with one attached hydrogen (secondary N) is 1. The summed E-state index contributed by atoms with van der Waals surface area (Å²) in [4.78, 5) is 31.3. The second-order valence-corrected chi connectivity index (χ2v) is 6.23. The Balaban J connectivity index is 2.01. The van der Waals surface area contributed by atoms with Crippen molar-refractivity contribution < 1.29 is 9.72 Å². The van der Waals surface area contributed by atoms with Gasteiger partial charge in [-0.2, -0.15) is 0 Å². The van der Waals surface area contributed by atoms with Crippen LogP contribution in [-0.4, -0.2) is 21.2 Å². The molecular weight excluding hydrogens is 328 g/mol. The Hall–Kier alpha value is -3.13. The highest BCUT2D eigenvalue weighted by Crippen LogP contribution is 2.26. The number of aromatic nitrogens is 2. The van der Waals surface area contributed by atoms with Crippen LogP contribution in [0, 0.1) is 17.0 Å². The number of thiazole rings is 1. The first-order valence-corrected chi connectivity index (χ1v) is 7.78. The predicted molar refractivity (Wildman–Crippen MR) is 91.8 cm³/mol. The Kier molecular flexibility index (Phi) is 4.30. The van der Waals surface area contributed by atoms with Crippen LogP contribution >= 0.6 is 11.3 Å². The van der Waals surface area contributed by atoms with Crippen LogP contribution in [0.25, 0.3) is 11.3 Å². The fourth-order valence-electron chi connectivity index (χ4n) is 2.13. The molecule has 2 heterocycles. The second kappa shape index (κ2) is 6.55. The lowest BCUT2D eigenvalue weighted by atomic mass is 10.1. The van der Waals surface area contributed by atoms with E-state index in [1.165, 1.54) is 23.5 Å². The number of benzene rings is 1. The van der Waals surface area contributed by atoms with Gasteiger partial charge in [-0.05, 0) is 19.1 Å². The molecule has 0 saturated heterocycles. The van der Waals surface area contributed by atoms with Crippen molar-refractivity contribution >= 4 is 34.3 Å². The molecule has 0 aliphatic rings. The van der Waals surface area contributed by atoms with E-state index in [1.54, 1.807) is 30.5 Å². The van der Waals surface area contributed by atoms with Gasteiger partial charge in [0.25, 0.3) is 5.69 Å². The summed E-state index contributed by atoms with van der Waals surface area (Å²) >= 11 is 1.46. The summed E-state index contributed by atoms with van der Waals surface area (Å²) in [5.74, 6) is 0.454. The van der Waals surface area contributed by atoms with Crippen molar-refractivity contribution in [3.63, 3.8) is 0 Å². The number of hydrogen-bond acceptors (Lipinski definition) is 7. The van der Waals surface area contributed by atoms with E-state index in [-0.39, 0.29) is 5.69 Å². The van der Waals surface area contributed by atoms with Crippen molar-refractivity contribution in [3.05, 3.63) is 63.1 Å². The third-order valence-corrected chi connectivity index (χ3v) is 4.02. The van der Waals surface area contributed by atoms with Crippen LogP contribution in [0.15, 0.2) is 42.6 Å². The molecule has 3 aromatic rings. The zero-order valence-electron chi connectivity index (χ0n) is 12.6. The molecule has 0 atom stereocenters. The molecule has 8 heteroatoms. The van der Waals surface area contributed by atoms with Crippen LogP contribution in [0.1, 0.15) is 15.2 Å². The molecule has 7 nitrogen and oxygen atoms in total. The van der Waals surface area contributed by atoms with Gasteiger partial charge >= 0.3 is 0 Å². The SMILES string of the molecule is Cc1cnc(Nc2cc(C=O)cc(-c3cccc([N+](=O)[O-])c3)n2)s1. The number of non-ortho nitro benzene ring substituents is 1. The van der Waals surface area contributed by atoms with E-state index in [0.717, 1.165) is 4.88 Å². The maximum absolute atomic E-state index is 11.2. The van der Waals surface area contributed by atoms with Crippen molar-refractivity contribution in [2.24, 2.45) is 0 Å². The predicted octanol–water partition coefficient (Wildman–Crippen LogP) is 3.98. The van der Waals surface area contributed by atoms with E-state index >= 15 is 0 Å². The number of nitro benzene ring substituents is 1. The molecule has 3 rings (SSSR count). The number of rotatable bonds is 5. The highest BCUT2D eigenvalue weighted by atomic mass is 32.1. The van der Waals surface area contributed by atoms with E-state index in [4.69, 9.17) is 0 Å². The van der Waals surface area contributed by atoms with E-state index in [1.807, 2.05) is 6.92 Å². The standard InChI is InChI=1S/C16H12N4O3S/c1-10-8-17-16(24-10)19-15-6-11(9-21)5-14(18-15)12-3-2-4-13(7-12)20(22)23/h2-9H,1H3,(H,17,18,19). The third kappa shape index (κ3) is 3.44. The lowest BCUT2D eigenvalue weighted by molar-refractivity contribution is -0.384. The molecule has 0 radical (unpaired) electrons. The molecule has 0 aliphatic heterocycles. The molecule has 0 spiro atoms. The number of hydrogen-bond donors (Lipinski definition) is 1. The maximum atomic E-state index is 11.2. The summed E-state index contributed by atoms with van der Waals surface area (Å²) < 4.78 is 0. The number of aldehydes is 1. The maximum Gasteiger partial charge on any atom is 0.270 e. The zero-order chi connectivity index (χ0) is 17.1. The smallest absolute Gasteiger partial charge is 0.270 e. The van der Waals surface area contributed by atoms with Crippen LogP contribution < -0.4 is 5.32 Å². The van der Waals surface area contributed by atoms with Gasteiger partial charge in [0.1, 0.15) is 12.1 Å². The number of carbonyl (C=O) groups excluding carboxylic acids is 1. The minimum Gasteiger partial charge on any atom is -0.316 e. The summed E-state index contributed by atoms with van der Waals surface area (Å²) in [7, 11) is 0. The van der Waals surface area contributed by atoms with Crippen molar-refractivity contribution in [1.82, 2.24) is 9.97 Å². The molecule has 0 bridgehead atoms. The van der Waals surface area contributed by atoms with Gasteiger partial charge < -0.3 is 5.32 Å². The Morgan fingerprint density at radius 2 is 2.12 bits per heavy atom. The van der Waals surface area contributed by atoms with Crippen molar-refractivity contribution in [2.75, 3.05) is 5.32 Å². The van der Waals surface area contributed by atoms with E-state index in [9.17, 15) is 14.9 Å². The average molecular weight is 340 g/mol. The van der Waals surface area contributed by atoms with Gasteiger partial charge in [-0.25, -0.2) is 9.97 Å². The first-order valence-electron chi connectivity index (χ1n) is 6.97. The van der Waals surface area contributed by atoms with Gasteiger partial charge in [0.2, 0.25) is 0 Å². The zero-order valence-corrected chi connectivity index (χ0v) is 13.4. The Labute approximate surface area is 141 Å². The molecule has 0 unspecified atom stereocenters. The highest BCUT2D eigenvalue weighted by Gasteiger charge is 2.11. The number of nitrogens with zero attached hydrogens (tertiary/aromatic N) is 3. The van der Waals surface area contributed by atoms with Crippen LogP contribution in [0.2, 0.25) is 0 Å². The topological polar surface area (TPSA) is 98.0 Å². The van der Waals surface area contributed by atoms with Crippen molar-refractivity contribution in [1.29, 1.82) is 0 Å². The molecule has 120 valence electrons. The summed E-state index contributed by atoms with van der Waals surface area (Å²) in [6.45, 7) is 1.94. The number of anilines is 2. The minimum absolute atomic E-state index is 0.0316. The van der Waals surface area contributed by atoms with Crippen LogP contribution in [-0.2, 0) is 0 Å². The number of carbonyl (C=O) groups is 1. The van der Waals surface area contributed by atoms with Crippen LogP contribution in [0.4, 0.5) is 16.6 Å². The summed E-state index contributed by atoms with van der Waals surface area (Å²) in [5, 5.41) is 14.6. The number of aryl methyl sites for hydroxylation is 1. The van der Waals surface area contributed by atoms with Crippen molar-refractivity contribution in [2.45, 2.75) is 6.92 Å². The fraction of sp³-hybridized carbons (Fsp3) is 0.0625. The monoisotopic (exact) mass is 340 g/mol. The second-order valence-electron chi connectivity index (χ2n) is 5.00. The van der Waals surface area contributed by atoms with Crippen LogP contribution in [0.3, 0.4) is 0 Å². The van der Waals surface area contributed by atoms with Gasteiger partial charge in [-0.3, -0.25) is 14.9 Å². The molecule has 0 fully saturated rings. The largest absolute Gasteiger partial charge is 0.316 e. The van der Waals surface area contributed by atoms with Gasteiger partial charge in [-0.15, -0.1) is 11.3 Å². The summed E-state index contributed by atoms with van der Waals surface area (Å²) in [6.07, 6.45) is 2.44. The summed E-state index contributed by atoms with van der Waals surface area (Å²) in [5.41, 5.74) is 1.42. The number of nitro groups is 1. The first kappa shape index (κ1) is 15.8. The Bertz CT molecular complexity index is 923. The van der Waals surface area contributed by atoms with Gasteiger partial charge in [-0.1, -0.05) is 12.1 Å². The third-order valence-electron chi connectivity index (χ3n) is 3.19. The molecule has 2 aromatic heterocycles. The summed E-state index contributed by atoms with van der Waals surface area (Å²) in [6, 6.07) is 9.31. The van der Waals surface area contributed by atoms with Crippen LogP contribution in [0.5, 0.6) is 0 Å². The van der Waals surface area contributed by atoms with Gasteiger partial charge in [0.15, 0.2) is 5.13 Å². The molecule has 0 aliphatic carbocycles. The van der Waals surface area contributed by atoms with Gasteiger partial charge in [0.05, 0.1) is 10.6 Å². The van der Waals surface area contributed by atoms with E-state index in [2.05, 4.69) is 15.3 Å². The Morgan fingerprint density at radius 3 is 2.79 bits per heavy atom. The molecule has 0 amide bonds. The first-order chi connectivity index (χ1) is 11.5. The molecule has 24 heavy (non-hydrogen) atoms. The lowest BCUT2D eigenvalue weighted by Crippen LogP contribution is -1.97. The highest BCUT2D eigenvalue weighted by molar-refractivity contribution is 7.15. The van der Waals surface area contributed by atoms with Crippen molar-refractivity contribution in [3.8, 4) is 11.3 Å². The fourth-order valence-corrected chi connectivity index (χ4v) is 2.80. The molecule has 1 aromatic carbocycles. The normalized spacial score (nSPS) is 10.4. The Morgan fingerprint density at radius 1 is 1.29 bits per heavy atom. The lowest BCUT2D eigenvalue weighted by Gasteiger charge is -2.07. The quantitative estimate of drug-likeness (QED) is 0.428. The molecule has 1 N–H and O–H groups in total. The molecular formula is C16H12N4O3S. The van der Waals surface area contributed by atoms with E-state index < -0.39 is 4.92 Å². The molecule has 0 saturated carbocycles. The number of pyridine rings is 1. The van der Waals surface area contributed by atoms with Gasteiger partial charge in [0, 0.05) is 34.3 Å². The average Bonchev–Trinajstić information content (AvgIpc) is 2.99.